The summed E-state index contributed by atoms with van der Waals surface area (Å²) in [5, 5.41) is 10.9. The smallest absolute Gasteiger partial charge is 0.272 e. The van der Waals surface area contributed by atoms with Crippen molar-refractivity contribution in [2.75, 3.05) is 10.6 Å². The van der Waals surface area contributed by atoms with E-state index in [9.17, 15) is 14.4 Å². The number of amides is 3. The molecule has 0 aliphatic carbocycles. The Morgan fingerprint density at radius 1 is 0.816 bits per heavy atom. The largest absolute Gasteiger partial charge is 0.321 e. The van der Waals surface area contributed by atoms with Crippen LogP contribution in [0.4, 0.5) is 10.8 Å². The van der Waals surface area contributed by atoms with E-state index in [1.54, 1.807) is 36.4 Å². The van der Waals surface area contributed by atoms with Crippen LogP contribution < -0.4 is 16.0 Å². The van der Waals surface area contributed by atoms with Gasteiger partial charge in [0.05, 0.1) is 10.9 Å². The van der Waals surface area contributed by atoms with Crippen LogP contribution in [0.5, 0.6) is 0 Å². The fraction of sp³-hybridized carbons (Fsp3) is 0.100. The number of carbonyl (C=O) groups is 3. The van der Waals surface area contributed by atoms with Gasteiger partial charge in [-0.05, 0) is 66.1 Å². The molecular weight excluding hydrogens is 649 g/mol. The molecule has 7 nitrogen and oxygen atoms in total. The molecule has 5 aromatic carbocycles. The van der Waals surface area contributed by atoms with E-state index < -0.39 is 11.8 Å². The van der Waals surface area contributed by atoms with E-state index in [0.29, 0.717) is 22.8 Å². The molecule has 9 heteroatoms. The molecule has 0 aliphatic rings. The molecule has 0 saturated carbocycles. The number of nitrogens with zero attached hydrogens (tertiary/aromatic N) is 1. The number of thioether (sulfide) groups is 1. The predicted octanol–water partition coefficient (Wildman–Crippen LogP) is 9.19. The van der Waals surface area contributed by atoms with E-state index in [4.69, 9.17) is 0 Å². The van der Waals surface area contributed by atoms with Crippen molar-refractivity contribution in [3.05, 3.63) is 149 Å². The number of aryl methyl sites for hydroxylation is 1. The molecule has 0 fully saturated rings. The molecule has 0 spiro atoms. The number of aromatic nitrogens is 1. The van der Waals surface area contributed by atoms with Gasteiger partial charge in [0.2, 0.25) is 5.91 Å². The number of thiazole rings is 1. The molecule has 3 N–H and O–H groups in total. The summed E-state index contributed by atoms with van der Waals surface area (Å²) in [5.41, 5.74) is 3.73. The molecule has 1 aromatic heterocycles. The Hall–Kier alpha value is -5.51. The second-order valence-corrected chi connectivity index (χ2v) is 13.7. The molecule has 1 unspecified atom stereocenters. The standard InChI is InChI=1S/C40H34N4O3S2/c1-3-35(39(47)44-40-43-36(26(2)48-40)28-15-6-4-7-16-28)49-32-22-13-21-31(25-32)41-38(46)34(42-37(45)29-17-8-5-9-18-29)24-30-20-12-19-27-14-10-11-23-33(27)30/h4-25,35H,3H2,1-2H3,(H,41,46)(H,42,45)(H,43,44,47)/b34-24+. The van der Waals surface area contributed by atoms with Crippen molar-refractivity contribution in [1.82, 2.24) is 10.3 Å². The Kier molecular flexibility index (Phi) is 10.6. The topological polar surface area (TPSA) is 100 Å². The summed E-state index contributed by atoms with van der Waals surface area (Å²) in [6, 6.07) is 39.7. The van der Waals surface area contributed by atoms with Crippen LogP contribution in [0.3, 0.4) is 0 Å². The van der Waals surface area contributed by atoms with Crippen molar-refractivity contribution in [1.29, 1.82) is 0 Å². The zero-order valence-electron chi connectivity index (χ0n) is 27.0. The van der Waals surface area contributed by atoms with Gasteiger partial charge in [-0.3, -0.25) is 14.4 Å². The predicted molar refractivity (Wildman–Crippen MR) is 202 cm³/mol. The SMILES string of the molecule is CCC(Sc1cccc(NC(=O)/C(=C\c2cccc3ccccc23)NC(=O)c2ccccc2)c1)C(=O)Nc1nc(-c2ccccc2)c(C)s1. The molecule has 6 aromatic rings. The van der Waals surface area contributed by atoms with Gasteiger partial charge in [0, 0.05) is 26.6 Å². The second kappa shape index (κ2) is 15.6. The van der Waals surface area contributed by atoms with Crippen LogP contribution in [-0.4, -0.2) is 28.0 Å². The molecule has 0 aliphatic heterocycles. The van der Waals surface area contributed by atoms with Crippen molar-refractivity contribution in [3.8, 4) is 11.3 Å². The zero-order valence-corrected chi connectivity index (χ0v) is 28.6. The summed E-state index contributed by atoms with van der Waals surface area (Å²) >= 11 is 2.87. The first-order valence-corrected chi connectivity index (χ1v) is 17.5. The highest BCUT2D eigenvalue weighted by atomic mass is 32.2. The maximum absolute atomic E-state index is 13.8. The fourth-order valence-corrected chi connectivity index (χ4v) is 7.16. The van der Waals surface area contributed by atoms with E-state index in [0.717, 1.165) is 37.4 Å². The number of hydrogen-bond acceptors (Lipinski definition) is 6. The van der Waals surface area contributed by atoms with E-state index >= 15 is 0 Å². The summed E-state index contributed by atoms with van der Waals surface area (Å²) in [7, 11) is 0. The van der Waals surface area contributed by atoms with Gasteiger partial charge in [-0.1, -0.05) is 104 Å². The van der Waals surface area contributed by atoms with Crippen LogP contribution in [0.15, 0.2) is 138 Å². The van der Waals surface area contributed by atoms with Gasteiger partial charge < -0.3 is 16.0 Å². The molecule has 0 radical (unpaired) electrons. The number of carbonyl (C=O) groups excluding carboxylic acids is 3. The van der Waals surface area contributed by atoms with Gasteiger partial charge in [0.25, 0.3) is 11.8 Å². The minimum absolute atomic E-state index is 0.0997. The highest BCUT2D eigenvalue weighted by Crippen LogP contribution is 2.32. The zero-order chi connectivity index (χ0) is 34.2. The van der Waals surface area contributed by atoms with Gasteiger partial charge in [0.15, 0.2) is 5.13 Å². The molecule has 0 saturated heterocycles. The lowest BCUT2D eigenvalue weighted by atomic mass is 10.0. The van der Waals surface area contributed by atoms with Crippen LogP contribution in [0.25, 0.3) is 28.1 Å². The molecule has 1 heterocycles. The second-order valence-electron chi connectivity index (χ2n) is 11.2. The van der Waals surface area contributed by atoms with Gasteiger partial charge >= 0.3 is 0 Å². The quantitative estimate of drug-likeness (QED) is 0.0935. The lowest BCUT2D eigenvalue weighted by Crippen LogP contribution is -2.30. The van der Waals surface area contributed by atoms with Crippen molar-refractivity contribution in [2.45, 2.75) is 30.4 Å². The monoisotopic (exact) mass is 682 g/mol. The van der Waals surface area contributed by atoms with Crippen molar-refractivity contribution < 1.29 is 14.4 Å². The molecule has 3 amide bonds. The van der Waals surface area contributed by atoms with Crippen LogP contribution in [0.1, 0.15) is 34.1 Å². The summed E-state index contributed by atoms with van der Waals surface area (Å²) < 4.78 is 0. The first kappa shape index (κ1) is 33.4. The first-order chi connectivity index (χ1) is 23.9. The van der Waals surface area contributed by atoms with E-state index in [1.807, 2.05) is 111 Å². The average Bonchev–Trinajstić information content (AvgIpc) is 3.50. The molecule has 6 rings (SSSR count). The Bertz CT molecular complexity index is 2140. The number of nitrogens with one attached hydrogen (secondary N) is 3. The number of rotatable bonds is 11. The number of fused-ring (bicyclic) bond motifs is 1. The summed E-state index contributed by atoms with van der Waals surface area (Å²) in [6.07, 6.45) is 2.28. The third kappa shape index (κ3) is 8.32. The molecule has 1 atom stereocenters. The molecule has 244 valence electrons. The normalized spacial score (nSPS) is 11.9. The average molecular weight is 683 g/mol. The number of hydrogen-bond donors (Lipinski definition) is 3. The van der Waals surface area contributed by atoms with E-state index in [-0.39, 0.29) is 16.9 Å². The lowest BCUT2D eigenvalue weighted by Gasteiger charge is -2.15. The maximum atomic E-state index is 13.8. The Morgan fingerprint density at radius 2 is 1.51 bits per heavy atom. The third-order valence-corrected chi connectivity index (χ3v) is 10.0. The van der Waals surface area contributed by atoms with Gasteiger partial charge in [-0.15, -0.1) is 23.1 Å². The lowest BCUT2D eigenvalue weighted by molar-refractivity contribution is -0.116. The van der Waals surface area contributed by atoms with Gasteiger partial charge in [-0.25, -0.2) is 4.98 Å². The van der Waals surface area contributed by atoms with E-state index in [1.165, 1.54) is 23.1 Å². The van der Waals surface area contributed by atoms with Crippen LogP contribution >= 0.6 is 23.1 Å². The Labute approximate surface area is 293 Å². The van der Waals surface area contributed by atoms with Gasteiger partial charge in [-0.2, -0.15) is 0 Å². The van der Waals surface area contributed by atoms with Gasteiger partial charge in [0.1, 0.15) is 5.70 Å². The number of anilines is 2. The van der Waals surface area contributed by atoms with E-state index in [2.05, 4.69) is 20.9 Å². The third-order valence-electron chi connectivity index (χ3n) is 7.76. The van der Waals surface area contributed by atoms with Crippen molar-refractivity contribution >= 4 is 68.5 Å². The molecule has 49 heavy (non-hydrogen) atoms. The Balaban J connectivity index is 1.19. The van der Waals surface area contributed by atoms with Crippen LogP contribution in [-0.2, 0) is 9.59 Å². The first-order valence-electron chi connectivity index (χ1n) is 15.9. The summed E-state index contributed by atoms with van der Waals surface area (Å²) in [6.45, 7) is 3.96. The highest BCUT2D eigenvalue weighted by molar-refractivity contribution is 8.00. The maximum Gasteiger partial charge on any atom is 0.272 e. The number of benzene rings is 5. The minimum Gasteiger partial charge on any atom is -0.321 e. The fourth-order valence-electron chi connectivity index (χ4n) is 5.31. The van der Waals surface area contributed by atoms with Crippen LogP contribution in [0.2, 0.25) is 0 Å². The van der Waals surface area contributed by atoms with Crippen molar-refractivity contribution in [3.63, 3.8) is 0 Å². The molecular formula is C40H34N4O3S2. The summed E-state index contributed by atoms with van der Waals surface area (Å²) in [4.78, 5) is 46.9. The Morgan fingerprint density at radius 3 is 2.29 bits per heavy atom. The minimum atomic E-state index is -0.475. The summed E-state index contributed by atoms with van der Waals surface area (Å²) in [5.74, 6) is -1.01. The molecule has 0 bridgehead atoms. The van der Waals surface area contributed by atoms with Crippen molar-refractivity contribution in [2.24, 2.45) is 0 Å². The highest BCUT2D eigenvalue weighted by Gasteiger charge is 2.21. The van der Waals surface area contributed by atoms with Crippen LogP contribution in [0, 0.1) is 6.92 Å².